The van der Waals surface area contributed by atoms with Gasteiger partial charge in [0.2, 0.25) is 0 Å². The molecule has 1 aromatic rings. The molecule has 1 aromatic carbocycles. The molecule has 0 aliphatic carbocycles. The highest BCUT2D eigenvalue weighted by molar-refractivity contribution is 6.68. The van der Waals surface area contributed by atoms with E-state index in [1.54, 1.807) is 24.3 Å². The van der Waals surface area contributed by atoms with Crippen LogP contribution < -0.4 is 4.74 Å². The monoisotopic (exact) mass is 206 g/mol. The molecule has 0 aliphatic heterocycles. The van der Waals surface area contributed by atoms with Gasteiger partial charge in [-0.3, -0.25) is 4.79 Å². The van der Waals surface area contributed by atoms with Gasteiger partial charge >= 0.3 is 0 Å². The first kappa shape index (κ1) is 11.3. The van der Waals surface area contributed by atoms with Gasteiger partial charge in [0, 0.05) is 0 Å². The van der Waals surface area contributed by atoms with E-state index in [2.05, 4.69) is 0 Å². The first-order valence-corrected chi connectivity index (χ1v) is 3.46. The Kier molecular flexibility index (Phi) is 4.71. The number of carbonyl (C=O) groups is 1. The molecule has 66 valence electrons. The molecule has 0 amide bonds. The number of hydrogen-bond donors (Lipinski definition) is 0. The summed E-state index contributed by atoms with van der Waals surface area (Å²) in [6.07, 6.45) is 0. The first-order chi connectivity index (χ1) is 5.25. The van der Waals surface area contributed by atoms with E-state index in [1.807, 2.05) is 0 Å². The fourth-order valence-electron chi connectivity index (χ4n) is 0.807. The van der Waals surface area contributed by atoms with E-state index in [0.717, 1.165) is 0 Å². The minimum absolute atomic E-state index is 0. The van der Waals surface area contributed by atoms with Crippen molar-refractivity contribution >= 4 is 29.3 Å². The summed E-state index contributed by atoms with van der Waals surface area (Å²) in [7, 11) is 1.50. The van der Waals surface area contributed by atoms with Gasteiger partial charge in [-0.15, -0.1) is 12.4 Å². The average molecular weight is 207 g/mol. The fraction of sp³-hybridized carbons (Fsp3) is 0.125. The third-order valence-electron chi connectivity index (χ3n) is 1.32. The number of hydrogen-bond acceptors (Lipinski definition) is 2. The van der Waals surface area contributed by atoms with E-state index in [-0.39, 0.29) is 12.4 Å². The highest BCUT2D eigenvalue weighted by Gasteiger charge is 2.06. The predicted molar refractivity (Wildman–Crippen MR) is 50.4 cm³/mol. The maximum absolute atomic E-state index is 10.7. The summed E-state index contributed by atoms with van der Waals surface area (Å²) in [5.41, 5.74) is 0.400. The fourth-order valence-corrected chi connectivity index (χ4v) is 0.963. The van der Waals surface area contributed by atoms with Crippen LogP contribution in [0.2, 0.25) is 0 Å². The highest BCUT2D eigenvalue weighted by atomic mass is 35.5. The van der Waals surface area contributed by atoms with Crippen molar-refractivity contribution in [2.75, 3.05) is 7.11 Å². The molecule has 0 saturated heterocycles. The van der Waals surface area contributed by atoms with Gasteiger partial charge in [-0.05, 0) is 23.7 Å². The molecule has 0 N–H and O–H groups in total. The van der Waals surface area contributed by atoms with Crippen molar-refractivity contribution in [2.24, 2.45) is 0 Å². The van der Waals surface area contributed by atoms with Gasteiger partial charge in [0.25, 0.3) is 5.24 Å². The number of halogens is 2. The molecule has 4 heteroatoms. The minimum atomic E-state index is -0.498. The standard InChI is InChI=1S/C8H7ClO2.ClH/c1-11-7-5-3-2-4-6(7)8(9)10;/h2-5H,1H3;1H. The van der Waals surface area contributed by atoms with Crippen LogP contribution in [0, 0.1) is 0 Å². The average Bonchev–Trinajstić information content (AvgIpc) is 2.04. The Labute approximate surface area is 81.9 Å². The lowest BCUT2D eigenvalue weighted by molar-refractivity contribution is 0.107. The number of rotatable bonds is 2. The molecule has 0 radical (unpaired) electrons. The Morgan fingerprint density at radius 2 is 2.00 bits per heavy atom. The van der Waals surface area contributed by atoms with Gasteiger partial charge in [0.05, 0.1) is 12.7 Å². The SMILES string of the molecule is COc1ccccc1C(=O)Cl.Cl. The molecule has 1 rings (SSSR count). The van der Waals surface area contributed by atoms with Crippen LogP contribution in [0.4, 0.5) is 0 Å². The van der Waals surface area contributed by atoms with E-state index >= 15 is 0 Å². The Bertz CT molecular complexity index is 274. The molecule has 0 spiro atoms. The molecule has 0 atom stereocenters. The molecule has 0 heterocycles. The van der Waals surface area contributed by atoms with E-state index in [0.29, 0.717) is 11.3 Å². The van der Waals surface area contributed by atoms with E-state index in [9.17, 15) is 4.79 Å². The van der Waals surface area contributed by atoms with Crippen LogP contribution >= 0.6 is 24.0 Å². The summed E-state index contributed by atoms with van der Waals surface area (Å²) in [5, 5.41) is -0.498. The predicted octanol–water partition coefficient (Wildman–Crippen LogP) is 2.50. The zero-order valence-electron chi connectivity index (χ0n) is 6.41. The molecular formula is C8H8Cl2O2. The van der Waals surface area contributed by atoms with Gasteiger partial charge in [-0.25, -0.2) is 0 Å². The Balaban J connectivity index is 0.00000121. The molecule has 0 aromatic heterocycles. The maximum atomic E-state index is 10.7. The Morgan fingerprint density at radius 3 is 2.42 bits per heavy atom. The number of methoxy groups -OCH3 is 1. The van der Waals surface area contributed by atoms with Crippen molar-refractivity contribution in [3.8, 4) is 5.75 Å². The van der Waals surface area contributed by atoms with Gasteiger partial charge in [0.15, 0.2) is 0 Å². The zero-order valence-corrected chi connectivity index (χ0v) is 7.98. The molecule has 0 fully saturated rings. The van der Waals surface area contributed by atoms with Crippen LogP contribution in [0.25, 0.3) is 0 Å². The van der Waals surface area contributed by atoms with Crippen molar-refractivity contribution in [2.45, 2.75) is 0 Å². The number of carbonyl (C=O) groups excluding carboxylic acids is 1. The topological polar surface area (TPSA) is 26.3 Å². The summed E-state index contributed by atoms with van der Waals surface area (Å²) < 4.78 is 4.90. The van der Waals surface area contributed by atoms with Gasteiger partial charge in [-0.2, -0.15) is 0 Å². The van der Waals surface area contributed by atoms with Crippen molar-refractivity contribution < 1.29 is 9.53 Å². The van der Waals surface area contributed by atoms with Crippen LogP contribution in [-0.2, 0) is 0 Å². The lowest BCUT2D eigenvalue weighted by Crippen LogP contribution is -1.93. The third-order valence-corrected chi connectivity index (χ3v) is 1.52. The normalized spacial score (nSPS) is 8.50. The summed E-state index contributed by atoms with van der Waals surface area (Å²) in [6, 6.07) is 6.82. The number of benzene rings is 1. The van der Waals surface area contributed by atoms with E-state index in [1.165, 1.54) is 7.11 Å². The number of para-hydroxylation sites is 1. The summed E-state index contributed by atoms with van der Waals surface area (Å²) in [6.45, 7) is 0. The third kappa shape index (κ3) is 2.40. The smallest absolute Gasteiger partial charge is 0.256 e. The summed E-state index contributed by atoms with van der Waals surface area (Å²) in [4.78, 5) is 10.7. The second-order valence-corrected chi connectivity index (χ2v) is 2.32. The summed E-state index contributed by atoms with van der Waals surface area (Å²) >= 11 is 5.27. The zero-order chi connectivity index (χ0) is 8.27. The molecular weight excluding hydrogens is 199 g/mol. The molecule has 0 saturated carbocycles. The van der Waals surface area contributed by atoms with E-state index < -0.39 is 5.24 Å². The van der Waals surface area contributed by atoms with Crippen LogP contribution in [0.15, 0.2) is 24.3 Å². The van der Waals surface area contributed by atoms with Crippen LogP contribution in [-0.4, -0.2) is 12.4 Å². The lowest BCUT2D eigenvalue weighted by Gasteiger charge is -2.01. The largest absolute Gasteiger partial charge is 0.496 e. The Morgan fingerprint density at radius 1 is 1.42 bits per heavy atom. The van der Waals surface area contributed by atoms with Gasteiger partial charge in [0.1, 0.15) is 5.75 Å². The number of ether oxygens (including phenoxy) is 1. The van der Waals surface area contributed by atoms with Gasteiger partial charge in [-0.1, -0.05) is 12.1 Å². The quantitative estimate of drug-likeness (QED) is 0.696. The lowest BCUT2D eigenvalue weighted by atomic mass is 10.2. The van der Waals surface area contributed by atoms with Crippen molar-refractivity contribution in [1.82, 2.24) is 0 Å². The molecule has 0 unspecified atom stereocenters. The molecule has 0 bridgehead atoms. The molecule has 0 aliphatic rings. The second-order valence-electron chi connectivity index (χ2n) is 1.97. The highest BCUT2D eigenvalue weighted by Crippen LogP contribution is 2.18. The van der Waals surface area contributed by atoms with Crippen molar-refractivity contribution in [1.29, 1.82) is 0 Å². The first-order valence-electron chi connectivity index (χ1n) is 3.08. The van der Waals surface area contributed by atoms with Crippen LogP contribution in [0.3, 0.4) is 0 Å². The Hall–Kier alpha value is -0.730. The van der Waals surface area contributed by atoms with Crippen molar-refractivity contribution in [3.63, 3.8) is 0 Å². The van der Waals surface area contributed by atoms with Crippen LogP contribution in [0.5, 0.6) is 5.75 Å². The maximum Gasteiger partial charge on any atom is 0.256 e. The van der Waals surface area contributed by atoms with E-state index in [4.69, 9.17) is 16.3 Å². The van der Waals surface area contributed by atoms with Crippen molar-refractivity contribution in [3.05, 3.63) is 29.8 Å². The van der Waals surface area contributed by atoms with Crippen LogP contribution in [0.1, 0.15) is 10.4 Å². The summed E-state index contributed by atoms with van der Waals surface area (Å²) in [5.74, 6) is 0.507. The van der Waals surface area contributed by atoms with Gasteiger partial charge < -0.3 is 4.74 Å². The second kappa shape index (κ2) is 5.01. The molecule has 12 heavy (non-hydrogen) atoms. The minimum Gasteiger partial charge on any atom is -0.496 e. The molecule has 2 nitrogen and oxygen atoms in total.